The predicted molar refractivity (Wildman–Crippen MR) is 84.3 cm³/mol. The average molecular weight is 334 g/mol. The fraction of sp³-hybridized carbons (Fsp3) is 0.588. The van der Waals surface area contributed by atoms with Gasteiger partial charge in [0.1, 0.15) is 5.69 Å². The lowest BCUT2D eigenvalue weighted by Crippen LogP contribution is -2.36. The van der Waals surface area contributed by atoms with Gasteiger partial charge in [-0.05, 0) is 31.7 Å². The van der Waals surface area contributed by atoms with E-state index in [1.165, 1.54) is 18.6 Å². The van der Waals surface area contributed by atoms with Gasteiger partial charge in [-0.25, -0.2) is 18.3 Å². The molecule has 2 aliphatic carbocycles. The van der Waals surface area contributed by atoms with Crippen molar-refractivity contribution in [2.45, 2.75) is 63.3 Å². The van der Waals surface area contributed by atoms with Crippen LogP contribution in [0.3, 0.4) is 0 Å². The van der Waals surface area contributed by atoms with Crippen molar-refractivity contribution in [2.75, 3.05) is 0 Å². The van der Waals surface area contributed by atoms with Crippen molar-refractivity contribution in [2.24, 2.45) is 0 Å². The SMILES string of the molecule is O=C(NC1CCCCC1)c1cc2nc(C3CC3)cc(C(F)F)n2n1. The van der Waals surface area contributed by atoms with Crippen molar-refractivity contribution in [3.63, 3.8) is 0 Å². The molecule has 0 aromatic carbocycles. The maximum Gasteiger partial charge on any atom is 0.280 e. The number of hydrogen-bond donors (Lipinski definition) is 1. The summed E-state index contributed by atoms with van der Waals surface area (Å²) in [6.45, 7) is 0. The van der Waals surface area contributed by atoms with Crippen LogP contribution in [0, 0.1) is 0 Å². The first-order valence-corrected chi connectivity index (χ1v) is 8.61. The first-order valence-electron chi connectivity index (χ1n) is 8.61. The van der Waals surface area contributed by atoms with Gasteiger partial charge in [0, 0.05) is 23.7 Å². The minimum absolute atomic E-state index is 0.153. The maximum atomic E-state index is 13.4. The van der Waals surface area contributed by atoms with Crippen LogP contribution in [-0.4, -0.2) is 26.5 Å². The average Bonchev–Trinajstić information content (AvgIpc) is 3.33. The smallest absolute Gasteiger partial charge is 0.280 e. The number of amides is 1. The van der Waals surface area contributed by atoms with Crippen LogP contribution < -0.4 is 5.32 Å². The molecule has 7 heteroatoms. The van der Waals surface area contributed by atoms with Crippen molar-refractivity contribution in [3.05, 3.63) is 29.2 Å². The van der Waals surface area contributed by atoms with Crippen LogP contribution in [0.1, 0.15) is 79.2 Å². The second kappa shape index (κ2) is 6.11. The van der Waals surface area contributed by atoms with E-state index in [0.29, 0.717) is 11.3 Å². The van der Waals surface area contributed by atoms with Gasteiger partial charge in [-0.1, -0.05) is 19.3 Å². The van der Waals surface area contributed by atoms with Gasteiger partial charge in [-0.3, -0.25) is 4.79 Å². The molecular weight excluding hydrogens is 314 g/mol. The summed E-state index contributed by atoms with van der Waals surface area (Å²) in [7, 11) is 0. The fourth-order valence-electron chi connectivity index (χ4n) is 3.38. The van der Waals surface area contributed by atoms with E-state index in [0.717, 1.165) is 43.0 Å². The summed E-state index contributed by atoms with van der Waals surface area (Å²) >= 11 is 0. The molecular formula is C17H20F2N4O. The van der Waals surface area contributed by atoms with E-state index < -0.39 is 6.43 Å². The summed E-state index contributed by atoms with van der Waals surface area (Å²) in [6, 6.07) is 3.08. The number of halogens is 2. The van der Waals surface area contributed by atoms with Crippen molar-refractivity contribution < 1.29 is 13.6 Å². The maximum absolute atomic E-state index is 13.4. The highest BCUT2D eigenvalue weighted by Crippen LogP contribution is 2.40. The molecule has 0 atom stereocenters. The van der Waals surface area contributed by atoms with E-state index >= 15 is 0 Å². The highest BCUT2D eigenvalue weighted by atomic mass is 19.3. The second-order valence-corrected chi connectivity index (χ2v) is 6.79. The lowest BCUT2D eigenvalue weighted by Gasteiger charge is -2.22. The highest BCUT2D eigenvalue weighted by molar-refractivity contribution is 5.93. The lowest BCUT2D eigenvalue weighted by atomic mass is 9.95. The molecule has 2 aromatic rings. The standard InChI is InChI=1S/C17H20F2N4O/c18-16(19)14-8-12(10-6-7-10)21-15-9-13(22-23(14)15)17(24)20-11-4-2-1-3-5-11/h8-11,16H,1-7H2,(H,20,24). The number of carbonyl (C=O) groups excluding carboxylic acids is 1. The third-order valence-corrected chi connectivity index (χ3v) is 4.87. The van der Waals surface area contributed by atoms with Gasteiger partial charge in [0.25, 0.3) is 12.3 Å². The highest BCUT2D eigenvalue weighted by Gasteiger charge is 2.28. The first kappa shape index (κ1) is 15.5. The lowest BCUT2D eigenvalue weighted by molar-refractivity contribution is 0.0921. The van der Waals surface area contributed by atoms with Gasteiger partial charge in [0.2, 0.25) is 0 Å². The van der Waals surface area contributed by atoms with E-state index in [4.69, 9.17) is 0 Å². The van der Waals surface area contributed by atoms with Gasteiger partial charge < -0.3 is 5.32 Å². The Morgan fingerprint density at radius 1 is 1.17 bits per heavy atom. The normalized spacial score (nSPS) is 19.1. The summed E-state index contributed by atoms with van der Waals surface area (Å²) in [6.07, 6.45) is 4.66. The number of fused-ring (bicyclic) bond motifs is 1. The Kier molecular flexibility index (Phi) is 3.94. The molecule has 0 saturated heterocycles. The van der Waals surface area contributed by atoms with Crippen LogP contribution in [0.2, 0.25) is 0 Å². The minimum Gasteiger partial charge on any atom is -0.348 e. The summed E-state index contributed by atoms with van der Waals surface area (Å²) in [5, 5.41) is 7.05. The zero-order valence-corrected chi connectivity index (χ0v) is 13.3. The second-order valence-electron chi connectivity index (χ2n) is 6.79. The molecule has 1 amide bonds. The quantitative estimate of drug-likeness (QED) is 0.929. The fourth-order valence-corrected chi connectivity index (χ4v) is 3.38. The van der Waals surface area contributed by atoms with Crippen LogP contribution in [0.25, 0.3) is 5.65 Å². The van der Waals surface area contributed by atoms with Crippen LogP contribution in [0.15, 0.2) is 12.1 Å². The zero-order valence-electron chi connectivity index (χ0n) is 13.3. The number of hydrogen-bond acceptors (Lipinski definition) is 3. The van der Waals surface area contributed by atoms with Gasteiger partial charge in [-0.2, -0.15) is 5.10 Å². The number of carbonyl (C=O) groups is 1. The topological polar surface area (TPSA) is 59.3 Å². The molecule has 2 aliphatic rings. The van der Waals surface area contributed by atoms with Crippen LogP contribution in [0.5, 0.6) is 0 Å². The van der Waals surface area contributed by atoms with Crippen LogP contribution >= 0.6 is 0 Å². The Hall–Kier alpha value is -2.05. The molecule has 2 fully saturated rings. The van der Waals surface area contributed by atoms with E-state index in [1.54, 1.807) is 0 Å². The molecule has 0 aliphatic heterocycles. The van der Waals surface area contributed by atoms with Crippen molar-refractivity contribution in [3.8, 4) is 0 Å². The molecule has 5 nitrogen and oxygen atoms in total. The number of alkyl halides is 2. The molecule has 0 unspecified atom stereocenters. The van der Waals surface area contributed by atoms with Crippen molar-refractivity contribution in [1.82, 2.24) is 19.9 Å². The molecule has 2 heterocycles. The monoisotopic (exact) mass is 334 g/mol. The van der Waals surface area contributed by atoms with E-state index in [2.05, 4.69) is 15.4 Å². The molecule has 128 valence electrons. The molecule has 4 rings (SSSR count). The van der Waals surface area contributed by atoms with Gasteiger partial charge in [0.05, 0.1) is 0 Å². The third kappa shape index (κ3) is 2.99. The van der Waals surface area contributed by atoms with E-state index in [1.807, 2.05) is 0 Å². The van der Waals surface area contributed by atoms with Crippen LogP contribution in [-0.2, 0) is 0 Å². The Balaban J connectivity index is 1.64. The summed E-state index contributed by atoms with van der Waals surface area (Å²) in [5.41, 5.74) is 0.960. The van der Waals surface area contributed by atoms with Gasteiger partial charge >= 0.3 is 0 Å². The minimum atomic E-state index is -2.65. The van der Waals surface area contributed by atoms with Crippen LogP contribution in [0.4, 0.5) is 8.78 Å². The third-order valence-electron chi connectivity index (χ3n) is 4.87. The molecule has 24 heavy (non-hydrogen) atoms. The number of nitrogens with zero attached hydrogens (tertiary/aromatic N) is 3. The number of rotatable bonds is 4. The summed E-state index contributed by atoms with van der Waals surface area (Å²) < 4.78 is 27.8. The van der Waals surface area contributed by atoms with E-state index in [-0.39, 0.29) is 29.3 Å². The summed E-state index contributed by atoms with van der Waals surface area (Å²) in [4.78, 5) is 16.8. The Labute approximate surface area is 138 Å². The largest absolute Gasteiger partial charge is 0.348 e. The Morgan fingerprint density at radius 2 is 1.92 bits per heavy atom. The Bertz CT molecular complexity index is 763. The predicted octanol–water partition coefficient (Wildman–Crippen LogP) is 3.61. The van der Waals surface area contributed by atoms with Crippen molar-refractivity contribution >= 4 is 11.6 Å². The summed E-state index contributed by atoms with van der Waals surface area (Å²) in [5.74, 6) is -0.0393. The Morgan fingerprint density at radius 3 is 2.58 bits per heavy atom. The first-order chi connectivity index (χ1) is 11.6. The molecule has 0 spiro atoms. The molecule has 0 bridgehead atoms. The zero-order chi connectivity index (χ0) is 16.7. The van der Waals surface area contributed by atoms with Gasteiger partial charge in [0.15, 0.2) is 11.3 Å². The van der Waals surface area contributed by atoms with Gasteiger partial charge in [-0.15, -0.1) is 0 Å². The van der Waals surface area contributed by atoms with E-state index in [9.17, 15) is 13.6 Å². The molecule has 0 radical (unpaired) electrons. The molecule has 2 saturated carbocycles. The number of aromatic nitrogens is 3. The number of nitrogens with one attached hydrogen (secondary N) is 1. The van der Waals surface area contributed by atoms with Crippen molar-refractivity contribution in [1.29, 1.82) is 0 Å². The molecule has 2 aromatic heterocycles. The molecule has 1 N–H and O–H groups in total.